The molecule has 0 radical (unpaired) electrons. The lowest BCUT2D eigenvalue weighted by Crippen LogP contribution is -2.60. The lowest BCUT2D eigenvalue weighted by Gasteiger charge is -2.63. The van der Waals surface area contributed by atoms with Gasteiger partial charge in [-0.2, -0.15) is 0 Å². The van der Waals surface area contributed by atoms with Crippen LogP contribution in [0.3, 0.4) is 0 Å². The number of rotatable bonds is 4. The summed E-state index contributed by atoms with van der Waals surface area (Å²) < 4.78 is 19.4. The van der Waals surface area contributed by atoms with Crippen LogP contribution in [0, 0.1) is 56.7 Å². The molecule has 0 aromatic rings. The molecule has 1 unspecified atom stereocenters. The fraction of sp³-hybridized carbons (Fsp3) is 0.947. The third kappa shape index (κ3) is 3.92. The molecule has 8 heteroatoms. The van der Waals surface area contributed by atoms with E-state index in [2.05, 4.69) is 48.5 Å². The quantitative estimate of drug-likeness (QED) is 0.361. The van der Waals surface area contributed by atoms with Crippen molar-refractivity contribution < 1.29 is 28.9 Å². The van der Waals surface area contributed by atoms with Gasteiger partial charge in [-0.25, -0.2) is 9.59 Å². The summed E-state index contributed by atoms with van der Waals surface area (Å²) in [6.45, 7) is 19.5. The molecule has 5 aliphatic carbocycles. The van der Waals surface area contributed by atoms with Crippen LogP contribution in [0.2, 0.25) is 0 Å². The van der Waals surface area contributed by atoms with Crippen LogP contribution < -0.4 is 0 Å². The minimum atomic E-state index is -0.537. The van der Waals surface area contributed by atoms with E-state index in [1.165, 1.54) is 12.8 Å². The Kier molecular flexibility index (Phi) is 7.06. The minimum Gasteiger partial charge on any atom is -0.446 e. The molecule has 0 aromatic carbocycles. The summed E-state index contributed by atoms with van der Waals surface area (Å²) in [4.78, 5) is 29.4. The fourth-order valence-corrected chi connectivity index (χ4v) is 13.8. The molecule has 1 N–H and O–H groups in total. The predicted octanol–water partition coefficient (Wildman–Crippen LogP) is 6.88. The van der Waals surface area contributed by atoms with Gasteiger partial charge in [0.05, 0.1) is 18.3 Å². The number of carbonyl (C=O) groups excluding carboxylic acids is 2. The number of nitrogens with zero attached hydrogens (tertiary/aromatic N) is 2. The largest absolute Gasteiger partial charge is 0.446 e. The monoisotopic (exact) mass is 640 g/mol. The summed E-state index contributed by atoms with van der Waals surface area (Å²) >= 11 is 0. The van der Waals surface area contributed by atoms with E-state index in [1.807, 2.05) is 4.90 Å². The van der Waals surface area contributed by atoms with Crippen molar-refractivity contribution >= 4 is 12.2 Å². The SMILES string of the molecule is CC(C)[C@@H](OC(=O)N1CCC1)[C@H]1C[C@@H](C)[C@H]2[C@H](O1)[C@H](O)[C@@]1(C)[C@@H]3CC[C@H]4C(C)(C)[C@@H](OC(=O)N5CCC5)CCC45C[C@@]35CC[C@]21C. The number of ether oxygens (including phenoxy) is 3. The predicted molar refractivity (Wildman–Crippen MR) is 174 cm³/mol. The van der Waals surface area contributed by atoms with E-state index in [1.54, 1.807) is 4.90 Å². The van der Waals surface area contributed by atoms with E-state index in [9.17, 15) is 14.7 Å². The fourth-order valence-electron chi connectivity index (χ4n) is 13.8. The van der Waals surface area contributed by atoms with Gasteiger partial charge in [0, 0.05) is 37.0 Å². The topological polar surface area (TPSA) is 88.5 Å². The Balaban J connectivity index is 1.04. The van der Waals surface area contributed by atoms with Gasteiger partial charge < -0.3 is 29.1 Å². The van der Waals surface area contributed by atoms with Crippen molar-refractivity contribution in [2.24, 2.45) is 56.7 Å². The summed E-state index contributed by atoms with van der Waals surface area (Å²) in [7, 11) is 0. The van der Waals surface area contributed by atoms with E-state index in [-0.39, 0.29) is 64.2 Å². The Hall–Kier alpha value is -1.54. The molecule has 8 rings (SSSR count). The molecule has 5 saturated carbocycles. The number of aliphatic hydroxyl groups excluding tert-OH is 1. The van der Waals surface area contributed by atoms with Crippen LogP contribution in [-0.2, 0) is 14.2 Å². The van der Waals surface area contributed by atoms with Crippen LogP contribution in [0.4, 0.5) is 9.59 Å². The van der Waals surface area contributed by atoms with E-state index in [4.69, 9.17) is 14.2 Å². The average Bonchev–Trinajstić information content (AvgIpc) is 3.56. The van der Waals surface area contributed by atoms with Gasteiger partial charge in [-0.1, -0.05) is 48.5 Å². The van der Waals surface area contributed by atoms with Crippen molar-refractivity contribution in [2.45, 2.75) is 143 Å². The Morgan fingerprint density at radius 3 is 2.13 bits per heavy atom. The maximum atomic E-state index is 12.9. The number of aliphatic hydroxyl groups is 1. The van der Waals surface area contributed by atoms with E-state index in [0.29, 0.717) is 29.1 Å². The van der Waals surface area contributed by atoms with Crippen molar-refractivity contribution in [3.63, 3.8) is 0 Å². The number of hydrogen-bond acceptors (Lipinski definition) is 6. The number of amides is 2. The van der Waals surface area contributed by atoms with Crippen LogP contribution in [0.25, 0.3) is 0 Å². The van der Waals surface area contributed by atoms with Crippen LogP contribution in [0.1, 0.15) is 113 Å². The Bertz CT molecular complexity index is 1260. The Labute approximate surface area is 276 Å². The summed E-state index contributed by atoms with van der Waals surface area (Å²) in [5.74, 6) is 1.81. The van der Waals surface area contributed by atoms with Gasteiger partial charge in [0.1, 0.15) is 12.2 Å². The number of likely N-dealkylation sites (tertiary alicyclic amines) is 2. The molecule has 0 bridgehead atoms. The molecule has 3 saturated heterocycles. The second-order valence-electron chi connectivity index (χ2n) is 18.7. The molecular formula is C38H60N2O6. The average molecular weight is 641 g/mol. The van der Waals surface area contributed by atoms with Gasteiger partial charge >= 0.3 is 12.2 Å². The van der Waals surface area contributed by atoms with Crippen LogP contribution in [0.15, 0.2) is 0 Å². The zero-order valence-electron chi connectivity index (χ0n) is 29.6. The molecule has 2 amide bonds. The van der Waals surface area contributed by atoms with Gasteiger partial charge in [0.15, 0.2) is 0 Å². The van der Waals surface area contributed by atoms with Crippen LogP contribution >= 0.6 is 0 Å². The van der Waals surface area contributed by atoms with Gasteiger partial charge in [-0.3, -0.25) is 0 Å². The summed E-state index contributed by atoms with van der Waals surface area (Å²) in [6.07, 6.45) is 9.36. The number of fused-ring (bicyclic) bond motifs is 4. The van der Waals surface area contributed by atoms with Gasteiger partial charge in [-0.15, -0.1) is 0 Å². The van der Waals surface area contributed by atoms with E-state index < -0.39 is 6.10 Å². The van der Waals surface area contributed by atoms with Crippen molar-refractivity contribution in [3.05, 3.63) is 0 Å². The smallest absolute Gasteiger partial charge is 0.410 e. The van der Waals surface area contributed by atoms with Crippen molar-refractivity contribution in [3.8, 4) is 0 Å². The zero-order chi connectivity index (χ0) is 32.6. The van der Waals surface area contributed by atoms with Gasteiger partial charge in [0.2, 0.25) is 0 Å². The maximum Gasteiger partial charge on any atom is 0.410 e. The summed E-state index contributed by atoms with van der Waals surface area (Å²) in [6, 6.07) is 0. The molecule has 258 valence electrons. The maximum absolute atomic E-state index is 12.9. The first-order valence-corrected chi connectivity index (χ1v) is 19.0. The lowest BCUT2D eigenvalue weighted by molar-refractivity contribution is -0.186. The van der Waals surface area contributed by atoms with Gasteiger partial charge in [0.25, 0.3) is 0 Å². The Morgan fingerprint density at radius 2 is 1.50 bits per heavy atom. The normalized spacial score (nSPS) is 50.5. The highest BCUT2D eigenvalue weighted by Gasteiger charge is 2.84. The van der Waals surface area contributed by atoms with Crippen molar-refractivity contribution in [1.29, 1.82) is 0 Å². The lowest BCUT2D eigenvalue weighted by atomic mass is 9.41. The molecule has 2 spiro atoms. The molecular weight excluding hydrogens is 580 g/mol. The molecule has 46 heavy (non-hydrogen) atoms. The molecule has 8 aliphatic rings. The second kappa shape index (κ2) is 10.2. The van der Waals surface area contributed by atoms with E-state index in [0.717, 1.165) is 77.5 Å². The molecule has 8 nitrogen and oxygen atoms in total. The molecule has 13 atom stereocenters. The first-order valence-electron chi connectivity index (χ1n) is 19.0. The third-order valence-corrected chi connectivity index (χ3v) is 16.5. The highest BCUT2D eigenvalue weighted by atomic mass is 16.6. The van der Waals surface area contributed by atoms with Crippen LogP contribution in [0.5, 0.6) is 0 Å². The second-order valence-corrected chi connectivity index (χ2v) is 18.7. The summed E-state index contributed by atoms with van der Waals surface area (Å²) in [5, 5.41) is 12.6. The standard InChI is InChI=1S/C38H60N2O6/c1-22(2)29(46-33(43)40-18-9-19-40)24-20-23(3)28-30(44-24)31(41)36(7)26-11-10-25-34(4,5)27(45-32(42)39-16-8-17-39)12-13-37(25)21-38(26,37)15-14-35(28,36)6/h22-31,41H,8-21H2,1-7H3/t23-,24-,25+,26+,27+,28+,29-,30+,31+,35-,36-,37?,38+/m1/s1. The van der Waals surface area contributed by atoms with E-state index >= 15 is 0 Å². The highest BCUT2D eigenvalue weighted by molar-refractivity contribution is 5.69. The number of carbonyl (C=O) groups is 2. The molecule has 0 aromatic heterocycles. The first kappa shape index (κ1) is 31.7. The van der Waals surface area contributed by atoms with Crippen molar-refractivity contribution in [1.82, 2.24) is 9.80 Å². The molecule has 3 heterocycles. The van der Waals surface area contributed by atoms with Crippen LogP contribution in [-0.4, -0.2) is 83.8 Å². The summed E-state index contributed by atoms with van der Waals surface area (Å²) in [5.41, 5.74) is 0.263. The number of hydrogen-bond donors (Lipinski definition) is 1. The van der Waals surface area contributed by atoms with Gasteiger partial charge in [-0.05, 0) is 110 Å². The third-order valence-electron chi connectivity index (χ3n) is 16.5. The Morgan fingerprint density at radius 1 is 0.870 bits per heavy atom. The molecule has 8 fully saturated rings. The minimum absolute atomic E-state index is 0.00485. The van der Waals surface area contributed by atoms with Crippen molar-refractivity contribution in [2.75, 3.05) is 26.2 Å². The zero-order valence-corrected chi connectivity index (χ0v) is 29.6. The highest BCUT2D eigenvalue weighted by Crippen LogP contribution is 2.89. The first-order chi connectivity index (χ1) is 21.7. The molecule has 3 aliphatic heterocycles.